The van der Waals surface area contributed by atoms with Gasteiger partial charge in [0.15, 0.2) is 0 Å². The van der Waals surface area contributed by atoms with Crippen molar-refractivity contribution in [2.75, 3.05) is 13.6 Å². The number of nitrogens with one attached hydrogen (secondary N) is 1. The molecule has 2 heterocycles. The van der Waals surface area contributed by atoms with Gasteiger partial charge in [-0.15, -0.1) is 0 Å². The Bertz CT molecular complexity index is 1270. The highest BCUT2D eigenvalue weighted by atomic mass is 35.5. The molecule has 1 aliphatic carbocycles. The molecule has 1 N–H and O–H groups in total. The van der Waals surface area contributed by atoms with E-state index in [0.717, 1.165) is 34.4 Å². The Kier molecular flexibility index (Phi) is 5.65. The third-order valence-electron chi connectivity index (χ3n) is 6.55. The van der Waals surface area contributed by atoms with E-state index < -0.39 is 11.6 Å². The standard InChI is InChI=1S/C26H24ClN3O4/c1-29(15-20-12-13-22(34-20)18-8-10-19(27)11-9-18)23(31)16-30-24(32)26(28-25(30)33)14-4-6-17-5-2-3-7-21(17)26/h2-3,5,7-13H,4,6,14-16H2,1H3,(H,28,33)/t26-/m1/s1. The Labute approximate surface area is 202 Å². The predicted molar refractivity (Wildman–Crippen MR) is 127 cm³/mol. The van der Waals surface area contributed by atoms with Gasteiger partial charge in [0.05, 0.1) is 6.54 Å². The van der Waals surface area contributed by atoms with Gasteiger partial charge in [-0.25, -0.2) is 4.79 Å². The third-order valence-corrected chi connectivity index (χ3v) is 6.81. The van der Waals surface area contributed by atoms with Crippen LogP contribution >= 0.6 is 11.6 Å². The summed E-state index contributed by atoms with van der Waals surface area (Å²) in [5.41, 5.74) is 1.68. The summed E-state index contributed by atoms with van der Waals surface area (Å²) in [5.74, 6) is 0.540. The van der Waals surface area contributed by atoms with Crippen LogP contribution in [0, 0.1) is 0 Å². The predicted octanol–water partition coefficient (Wildman–Crippen LogP) is 4.34. The molecule has 7 nitrogen and oxygen atoms in total. The van der Waals surface area contributed by atoms with Gasteiger partial charge in [-0.05, 0) is 66.8 Å². The minimum absolute atomic E-state index is 0.212. The van der Waals surface area contributed by atoms with Crippen LogP contribution in [-0.2, 0) is 28.1 Å². The summed E-state index contributed by atoms with van der Waals surface area (Å²) >= 11 is 5.94. The van der Waals surface area contributed by atoms with Crippen LogP contribution in [-0.4, -0.2) is 41.2 Å². The topological polar surface area (TPSA) is 82.9 Å². The zero-order valence-electron chi connectivity index (χ0n) is 18.7. The van der Waals surface area contributed by atoms with Crippen LogP contribution in [0.1, 0.15) is 29.7 Å². The SMILES string of the molecule is CN(Cc1ccc(-c2ccc(Cl)cc2)o1)C(=O)CN1C(=O)N[C@@]2(CCCc3ccccc32)C1=O. The fourth-order valence-electron chi connectivity index (χ4n) is 4.77. The largest absolute Gasteiger partial charge is 0.459 e. The second-order valence-electron chi connectivity index (χ2n) is 8.76. The number of likely N-dealkylation sites (N-methyl/N-ethyl adjacent to an activating group) is 1. The highest BCUT2D eigenvalue weighted by molar-refractivity contribution is 6.30. The van der Waals surface area contributed by atoms with Crippen LogP contribution in [0.15, 0.2) is 65.1 Å². The van der Waals surface area contributed by atoms with Crippen LogP contribution in [0.2, 0.25) is 5.02 Å². The van der Waals surface area contributed by atoms with Crippen LogP contribution < -0.4 is 5.32 Å². The average Bonchev–Trinajstić information content (AvgIpc) is 3.39. The summed E-state index contributed by atoms with van der Waals surface area (Å²) < 4.78 is 5.87. The number of aryl methyl sites for hydroxylation is 1. The number of hydrogen-bond acceptors (Lipinski definition) is 4. The van der Waals surface area contributed by atoms with Crippen molar-refractivity contribution < 1.29 is 18.8 Å². The number of nitrogens with zero attached hydrogens (tertiary/aromatic N) is 2. The van der Waals surface area contributed by atoms with E-state index in [1.54, 1.807) is 25.2 Å². The van der Waals surface area contributed by atoms with Crippen molar-refractivity contribution in [3.8, 4) is 11.3 Å². The number of halogens is 1. The Morgan fingerprint density at radius 2 is 1.88 bits per heavy atom. The second kappa shape index (κ2) is 8.65. The monoisotopic (exact) mass is 477 g/mol. The molecule has 1 spiro atoms. The van der Waals surface area contributed by atoms with Crippen LogP contribution in [0.4, 0.5) is 4.79 Å². The van der Waals surface area contributed by atoms with Crippen LogP contribution in [0.25, 0.3) is 11.3 Å². The van der Waals surface area contributed by atoms with E-state index in [-0.39, 0.29) is 24.9 Å². The zero-order chi connectivity index (χ0) is 23.9. The summed E-state index contributed by atoms with van der Waals surface area (Å²) in [6.07, 6.45) is 2.18. The molecule has 5 rings (SSSR count). The molecule has 3 aromatic rings. The van der Waals surface area contributed by atoms with Crippen molar-refractivity contribution in [3.05, 3.63) is 82.6 Å². The zero-order valence-corrected chi connectivity index (χ0v) is 19.5. The number of fused-ring (bicyclic) bond motifs is 2. The first kappa shape index (κ1) is 22.2. The first-order valence-electron chi connectivity index (χ1n) is 11.2. The highest BCUT2D eigenvalue weighted by Gasteiger charge is 2.54. The second-order valence-corrected chi connectivity index (χ2v) is 9.20. The van der Waals surface area contributed by atoms with Gasteiger partial charge in [-0.2, -0.15) is 0 Å². The van der Waals surface area contributed by atoms with Crippen LogP contribution in [0.5, 0.6) is 0 Å². The lowest BCUT2D eigenvalue weighted by Crippen LogP contribution is -2.47. The molecule has 1 atom stereocenters. The Morgan fingerprint density at radius 1 is 1.12 bits per heavy atom. The molecule has 174 valence electrons. The van der Waals surface area contributed by atoms with E-state index >= 15 is 0 Å². The molecular weight excluding hydrogens is 454 g/mol. The van der Waals surface area contributed by atoms with Gasteiger partial charge in [0.2, 0.25) is 5.91 Å². The molecule has 2 aliphatic rings. The van der Waals surface area contributed by atoms with Crippen molar-refractivity contribution in [3.63, 3.8) is 0 Å². The van der Waals surface area contributed by atoms with Gasteiger partial charge in [0.1, 0.15) is 23.6 Å². The number of imide groups is 1. The smallest absolute Gasteiger partial charge is 0.325 e. The van der Waals surface area contributed by atoms with Crippen molar-refractivity contribution in [1.82, 2.24) is 15.1 Å². The summed E-state index contributed by atoms with van der Waals surface area (Å²) in [5, 5.41) is 3.52. The molecule has 0 bridgehead atoms. The molecule has 8 heteroatoms. The van der Waals surface area contributed by atoms with Gasteiger partial charge in [-0.1, -0.05) is 35.9 Å². The maximum atomic E-state index is 13.4. The molecule has 1 aliphatic heterocycles. The van der Waals surface area contributed by atoms with E-state index in [4.69, 9.17) is 16.0 Å². The van der Waals surface area contributed by atoms with E-state index in [9.17, 15) is 14.4 Å². The first-order valence-corrected chi connectivity index (χ1v) is 11.6. The lowest BCUT2D eigenvalue weighted by Gasteiger charge is -2.33. The quantitative estimate of drug-likeness (QED) is 0.554. The highest BCUT2D eigenvalue weighted by Crippen LogP contribution is 2.39. The normalized spacial score (nSPS) is 19.3. The fourth-order valence-corrected chi connectivity index (χ4v) is 4.89. The number of hydrogen-bond donors (Lipinski definition) is 1. The number of carbonyl (C=O) groups excluding carboxylic acids is 3. The van der Waals surface area contributed by atoms with E-state index in [1.165, 1.54) is 4.90 Å². The molecule has 1 saturated heterocycles. The Balaban J connectivity index is 1.27. The molecule has 0 saturated carbocycles. The summed E-state index contributed by atoms with van der Waals surface area (Å²) in [7, 11) is 1.62. The maximum Gasteiger partial charge on any atom is 0.325 e. The maximum absolute atomic E-state index is 13.4. The minimum Gasteiger partial charge on any atom is -0.459 e. The number of benzene rings is 2. The molecule has 0 radical (unpaired) electrons. The molecule has 1 fully saturated rings. The lowest BCUT2D eigenvalue weighted by molar-refractivity contribution is -0.139. The van der Waals surface area contributed by atoms with Crippen molar-refractivity contribution in [2.45, 2.75) is 31.3 Å². The van der Waals surface area contributed by atoms with Crippen LogP contribution in [0.3, 0.4) is 0 Å². The fraction of sp³-hybridized carbons (Fsp3) is 0.269. The molecule has 34 heavy (non-hydrogen) atoms. The van der Waals surface area contributed by atoms with Crippen molar-refractivity contribution in [1.29, 1.82) is 0 Å². The number of furan rings is 1. The number of carbonyl (C=O) groups is 3. The Morgan fingerprint density at radius 3 is 2.68 bits per heavy atom. The van der Waals surface area contributed by atoms with E-state index in [2.05, 4.69) is 5.32 Å². The molecule has 1 aromatic heterocycles. The van der Waals surface area contributed by atoms with E-state index in [1.807, 2.05) is 42.5 Å². The lowest BCUT2D eigenvalue weighted by atomic mass is 9.76. The minimum atomic E-state index is -1.08. The van der Waals surface area contributed by atoms with Crippen molar-refractivity contribution >= 4 is 29.4 Å². The molecular formula is C26H24ClN3O4. The molecule has 0 unspecified atom stereocenters. The van der Waals surface area contributed by atoms with Gasteiger partial charge in [0, 0.05) is 17.6 Å². The van der Waals surface area contributed by atoms with Gasteiger partial charge in [0.25, 0.3) is 5.91 Å². The Hall–Kier alpha value is -3.58. The molecule has 2 aromatic carbocycles. The molecule has 4 amide bonds. The number of rotatable bonds is 5. The number of urea groups is 1. The first-order chi connectivity index (χ1) is 16.4. The average molecular weight is 478 g/mol. The summed E-state index contributed by atoms with van der Waals surface area (Å²) in [6, 6.07) is 18.1. The summed E-state index contributed by atoms with van der Waals surface area (Å²) in [6.45, 7) is -0.111. The number of amides is 4. The van der Waals surface area contributed by atoms with E-state index in [0.29, 0.717) is 23.0 Å². The van der Waals surface area contributed by atoms with Gasteiger partial charge < -0.3 is 14.6 Å². The van der Waals surface area contributed by atoms with Crippen molar-refractivity contribution in [2.24, 2.45) is 0 Å². The van der Waals surface area contributed by atoms with Gasteiger partial charge in [-0.3, -0.25) is 14.5 Å². The third kappa shape index (κ3) is 3.86. The summed E-state index contributed by atoms with van der Waals surface area (Å²) in [4.78, 5) is 41.6. The van der Waals surface area contributed by atoms with Gasteiger partial charge >= 0.3 is 6.03 Å².